The van der Waals surface area contributed by atoms with Crippen LogP contribution in [0.25, 0.3) is 0 Å². The lowest BCUT2D eigenvalue weighted by molar-refractivity contribution is -0.132. The third kappa shape index (κ3) is 1.96. The van der Waals surface area contributed by atoms with Crippen LogP contribution in [0, 0.1) is 5.92 Å². The van der Waals surface area contributed by atoms with Gasteiger partial charge in [-0.15, -0.1) is 0 Å². The zero-order chi connectivity index (χ0) is 11.7. The first kappa shape index (κ1) is 11.9. The van der Waals surface area contributed by atoms with Gasteiger partial charge in [-0.3, -0.25) is 10.1 Å². The van der Waals surface area contributed by atoms with Gasteiger partial charge in [0.25, 0.3) is 0 Å². The summed E-state index contributed by atoms with van der Waals surface area (Å²) >= 11 is 0. The molecule has 4 nitrogen and oxygen atoms in total. The molecule has 0 aromatic carbocycles. The summed E-state index contributed by atoms with van der Waals surface area (Å²) in [6, 6.07) is 0.300. The molecule has 4 atom stereocenters. The van der Waals surface area contributed by atoms with E-state index < -0.39 is 0 Å². The van der Waals surface area contributed by atoms with Crippen molar-refractivity contribution in [3.63, 3.8) is 0 Å². The van der Waals surface area contributed by atoms with Gasteiger partial charge in [0.15, 0.2) is 0 Å². The van der Waals surface area contributed by atoms with E-state index in [1.807, 2.05) is 4.90 Å². The summed E-state index contributed by atoms with van der Waals surface area (Å²) in [5.74, 6) is 0.762. The lowest BCUT2D eigenvalue weighted by Gasteiger charge is -2.31. The van der Waals surface area contributed by atoms with Crippen molar-refractivity contribution in [1.82, 2.24) is 10.2 Å². The summed E-state index contributed by atoms with van der Waals surface area (Å²) in [4.78, 5) is 14.2. The highest BCUT2D eigenvalue weighted by Gasteiger charge is 2.40. The molecule has 0 bridgehead atoms. The molecule has 2 heterocycles. The zero-order valence-corrected chi connectivity index (χ0v) is 10.4. The first-order valence-electron chi connectivity index (χ1n) is 6.31. The molecular weight excluding hydrogens is 204 g/mol. The van der Waals surface area contributed by atoms with Gasteiger partial charge < -0.3 is 9.64 Å². The van der Waals surface area contributed by atoms with Crippen LogP contribution in [0.3, 0.4) is 0 Å². The average molecular weight is 226 g/mol. The molecule has 2 rings (SSSR count). The van der Waals surface area contributed by atoms with Crippen LogP contribution >= 0.6 is 0 Å². The van der Waals surface area contributed by atoms with Crippen molar-refractivity contribution in [2.45, 2.75) is 51.9 Å². The Morgan fingerprint density at radius 2 is 2.38 bits per heavy atom. The predicted octanol–water partition coefficient (Wildman–Crippen LogP) is 0.968. The van der Waals surface area contributed by atoms with Gasteiger partial charge in [-0.2, -0.15) is 0 Å². The molecule has 1 amide bonds. The van der Waals surface area contributed by atoms with Gasteiger partial charge in [-0.1, -0.05) is 6.92 Å². The van der Waals surface area contributed by atoms with Crippen LogP contribution in [-0.4, -0.2) is 42.3 Å². The quantitative estimate of drug-likeness (QED) is 0.779. The molecule has 1 N–H and O–H groups in total. The predicted molar refractivity (Wildman–Crippen MR) is 61.9 cm³/mol. The minimum Gasteiger partial charge on any atom is -0.381 e. The number of carbonyl (C=O) groups is 1. The minimum atomic E-state index is 0.0137. The van der Waals surface area contributed by atoms with Crippen molar-refractivity contribution in [3.8, 4) is 0 Å². The van der Waals surface area contributed by atoms with Gasteiger partial charge in [-0.05, 0) is 26.7 Å². The van der Waals surface area contributed by atoms with E-state index in [4.69, 9.17) is 4.74 Å². The Hall–Kier alpha value is -0.610. The Balaban J connectivity index is 2.04. The maximum absolute atomic E-state index is 12.2. The number of carbonyl (C=O) groups excluding carboxylic acids is 1. The van der Waals surface area contributed by atoms with E-state index in [2.05, 4.69) is 26.1 Å². The third-order valence-corrected chi connectivity index (χ3v) is 3.91. The molecule has 16 heavy (non-hydrogen) atoms. The number of ether oxygens (including phenoxy) is 1. The molecule has 92 valence electrons. The van der Waals surface area contributed by atoms with Gasteiger partial charge in [0.1, 0.15) is 0 Å². The van der Waals surface area contributed by atoms with Gasteiger partial charge in [-0.25, -0.2) is 0 Å². The van der Waals surface area contributed by atoms with E-state index >= 15 is 0 Å². The van der Waals surface area contributed by atoms with Gasteiger partial charge >= 0.3 is 0 Å². The molecule has 4 heteroatoms. The first-order valence-corrected chi connectivity index (χ1v) is 6.31. The maximum Gasteiger partial charge on any atom is 0.241 e. The number of hydrogen-bond acceptors (Lipinski definition) is 3. The third-order valence-electron chi connectivity index (χ3n) is 3.91. The molecule has 2 aliphatic heterocycles. The van der Waals surface area contributed by atoms with Crippen molar-refractivity contribution >= 4 is 5.91 Å². The molecule has 0 radical (unpaired) electrons. The molecule has 2 saturated heterocycles. The second-order valence-corrected chi connectivity index (χ2v) is 4.91. The first-order chi connectivity index (χ1) is 7.65. The summed E-state index contributed by atoms with van der Waals surface area (Å²) in [6.45, 7) is 7.91. The number of nitrogens with one attached hydrogen (secondary N) is 1. The molecule has 4 unspecified atom stereocenters. The standard InChI is InChI=1S/C12H22N2O2/c1-4-11-12(15)14(9(3)13-11)8(2)10-5-6-16-7-10/h8-11,13H,4-7H2,1-3H3. The monoisotopic (exact) mass is 226 g/mol. The number of amides is 1. The Bertz CT molecular complexity index is 264. The van der Waals surface area contributed by atoms with E-state index in [0.717, 1.165) is 26.1 Å². The molecule has 2 fully saturated rings. The largest absolute Gasteiger partial charge is 0.381 e. The Morgan fingerprint density at radius 3 is 2.88 bits per heavy atom. The summed E-state index contributed by atoms with van der Waals surface area (Å²) in [7, 11) is 0. The SMILES string of the molecule is CCC1NC(C)N(C(C)C2CCOC2)C1=O. The van der Waals surface area contributed by atoms with E-state index in [9.17, 15) is 4.79 Å². The molecule has 0 saturated carbocycles. The maximum atomic E-state index is 12.2. The Morgan fingerprint density at radius 1 is 1.62 bits per heavy atom. The number of nitrogens with zero attached hydrogens (tertiary/aromatic N) is 1. The minimum absolute atomic E-state index is 0.0137. The van der Waals surface area contributed by atoms with Crippen molar-refractivity contribution < 1.29 is 9.53 Å². The number of hydrogen-bond donors (Lipinski definition) is 1. The van der Waals surface area contributed by atoms with Crippen LogP contribution < -0.4 is 5.32 Å². The molecule has 0 aliphatic carbocycles. The fourth-order valence-electron chi connectivity index (χ4n) is 2.82. The summed E-state index contributed by atoms with van der Waals surface area (Å²) < 4.78 is 5.40. The number of rotatable bonds is 3. The molecule has 0 aromatic rings. The van der Waals surface area contributed by atoms with Crippen molar-refractivity contribution in [3.05, 3.63) is 0 Å². The van der Waals surface area contributed by atoms with Gasteiger partial charge in [0.2, 0.25) is 5.91 Å². The molecule has 0 spiro atoms. The highest BCUT2D eigenvalue weighted by molar-refractivity contribution is 5.84. The smallest absolute Gasteiger partial charge is 0.241 e. The van der Waals surface area contributed by atoms with Crippen LogP contribution in [0.1, 0.15) is 33.6 Å². The van der Waals surface area contributed by atoms with E-state index in [0.29, 0.717) is 5.92 Å². The van der Waals surface area contributed by atoms with E-state index in [-0.39, 0.29) is 24.2 Å². The molecule has 0 aromatic heterocycles. The van der Waals surface area contributed by atoms with Crippen molar-refractivity contribution in [2.24, 2.45) is 5.92 Å². The molecule has 2 aliphatic rings. The van der Waals surface area contributed by atoms with Crippen molar-refractivity contribution in [2.75, 3.05) is 13.2 Å². The van der Waals surface area contributed by atoms with Crippen LogP contribution in [0.4, 0.5) is 0 Å². The average Bonchev–Trinajstić information content (AvgIpc) is 2.86. The highest BCUT2D eigenvalue weighted by Crippen LogP contribution is 2.25. The van der Waals surface area contributed by atoms with Crippen LogP contribution in [0.15, 0.2) is 0 Å². The lowest BCUT2D eigenvalue weighted by atomic mass is 9.98. The Labute approximate surface area is 97.3 Å². The second-order valence-electron chi connectivity index (χ2n) is 4.91. The summed E-state index contributed by atoms with van der Waals surface area (Å²) in [6.07, 6.45) is 2.11. The summed E-state index contributed by atoms with van der Waals surface area (Å²) in [5.41, 5.74) is 0. The normalized spacial score (nSPS) is 37.1. The topological polar surface area (TPSA) is 41.6 Å². The Kier molecular flexibility index (Phi) is 3.50. The fraction of sp³-hybridized carbons (Fsp3) is 0.917. The zero-order valence-electron chi connectivity index (χ0n) is 10.4. The molecular formula is C12H22N2O2. The summed E-state index contributed by atoms with van der Waals surface area (Å²) in [5, 5.41) is 3.34. The van der Waals surface area contributed by atoms with Crippen molar-refractivity contribution in [1.29, 1.82) is 0 Å². The second kappa shape index (κ2) is 4.72. The highest BCUT2D eigenvalue weighted by atomic mass is 16.5. The van der Waals surface area contributed by atoms with E-state index in [1.54, 1.807) is 0 Å². The van der Waals surface area contributed by atoms with Gasteiger partial charge in [0.05, 0.1) is 18.8 Å². The van der Waals surface area contributed by atoms with Crippen LogP contribution in [0.2, 0.25) is 0 Å². The van der Waals surface area contributed by atoms with Crippen LogP contribution in [-0.2, 0) is 9.53 Å². The van der Waals surface area contributed by atoms with Gasteiger partial charge in [0, 0.05) is 18.6 Å². The fourth-order valence-corrected chi connectivity index (χ4v) is 2.82. The van der Waals surface area contributed by atoms with Crippen LogP contribution in [0.5, 0.6) is 0 Å². The lowest BCUT2D eigenvalue weighted by Crippen LogP contribution is -2.45. The van der Waals surface area contributed by atoms with E-state index in [1.165, 1.54) is 0 Å².